The van der Waals surface area contributed by atoms with E-state index in [1.165, 1.54) is 0 Å². The molecule has 0 aliphatic heterocycles. The quantitative estimate of drug-likeness (QED) is 0.136. The van der Waals surface area contributed by atoms with Crippen LogP contribution < -0.4 is 0 Å². The third kappa shape index (κ3) is 8.41. The Morgan fingerprint density at radius 1 is 0.219 bits per heavy atom. The van der Waals surface area contributed by atoms with Crippen LogP contribution in [0.15, 0.2) is 261 Å². The van der Waals surface area contributed by atoms with Crippen LogP contribution in [-0.4, -0.2) is 34.5 Å². The maximum absolute atomic E-state index is 5.35. The first-order valence-electron chi connectivity index (χ1n) is 24.4. The highest BCUT2D eigenvalue weighted by atomic mass is 15.2. The van der Waals surface area contributed by atoms with Crippen molar-refractivity contribution in [3.63, 3.8) is 0 Å². The fourth-order valence-electron chi connectivity index (χ4n) is 9.76. The van der Waals surface area contributed by atoms with Crippen LogP contribution in [0.1, 0.15) is 0 Å². The zero-order valence-corrected chi connectivity index (χ0v) is 39.5. The van der Waals surface area contributed by atoms with Gasteiger partial charge in [0, 0.05) is 38.6 Å². The van der Waals surface area contributed by atoms with Gasteiger partial charge in [-0.05, 0) is 80.9 Å². The maximum atomic E-state index is 5.35. The molecule has 0 aliphatic carbocycles. The highest BCUT2D eigenvalue weighted by Gasteiger charge is 2.22. The Hall–Kier alpha value is -9.98. The van der Waals surface area contributed by atoms with Gasteiger partial charge in [0.2, 0.25) is 5.95 Å². The Bertz CT molecular complexity index is 4120. The van der Waals surface area contributed by atoms with Gasteiger partial charge in [-0.2, -0.15) is 9.97 Å². The number of hydrogen-bond donors (Lipinski definition) is 0. The van der Waals surface area contributed by atoms with E-state index in [1.807, 2.05) is 72.8 Å². The average molecular weight is 934 g/mol. The van der Waals surface area contributed by atoms with Crippen molar-refractivity contribution in [3.8, 4) is 107 Å². The second kappa shape index (κ2) is 18.7. The van der Waals surface area contributed by atoms with E-state index in [1.54, 1.807) is 0 Å². The minimum absolute atomic E-state index is 0.523. The van der Waals surface area contributed by atoms with Crippen LogP contribution in [0.4, 0.5) is 0 Å². The fraction of sp³-hybridized carbons (Fsp3) is 0. The Morgan fingerprint density at radius 3 is 1.04 bits per heavy atom. The minimum Gasteiger partial charge on any atom is -0.278 e. The first-order valence-corrected chi connectivity index (χ1v) is 24.4. The Labute approximate surface area is 422 Å². The van der Waals surface area contributed by atoms with E-state index in [4.69, 9.17) is 29.9 Å². The van der Waals surface area contributed by atoms with Gasteiger partial charge >= 0.3 is 0 Å². The van der Waals surface area contributed by atoms with E-state index < -0.39 is 0 Å². The van der Waals surface area contributed by atoms with E-state index in [0.29, 0.717) is 35.1 Å². The first kappa shape index (κ1) is 43.1. The third-order valence-corrected chi connectivity index (χ3v) is 13.3. The Balaban J connectivity index is 1.00. The Morgan fingerprint density at radius 2 is 0.562 bits per heavy atom. The highest BCUT2D eigenvalue weighted by Crippen LogP contribution is 2.41. The van der Waals surface area contributed by atoms with Crippen LogP contribution in [0, 0.1) is 0 Å². The maximum Gasteiger partial charge on any atom is 0.238 e. The van der Waals surface area contributed by atoms with Crippen molar-refractivity contribution >= 4 is 21.8 Å². The third-order valence-electron chi connectivity index (χ3n) is 13.3. The smallest absolute Gasteiger partial charge is 0.238 e. The summed E-state index contributed by atoms with van der Waals surface area (Å²) in [6.07, 6.45) is 0. The highest BCUT2D eigenvalue weighted by molar-refractivity contribution is 6.16. The van der Waals surface area contributed by atoms with Gasteiger partial charge in [-0.25, -0.2) is 19.9 Å². The molecule has 0 radical (unpaired) electrons. The zero-order valence-electron chi connectivity index (χ0n) is 39.5. The van der Waals surface area contributed by atoms with Crippen molar-refractivity contribution in [2.75, 3.05) is 0 Å². The van der Waals surface area contributed by atoms with E-state index >= 15 is 0 Å². The molecule has 0 unspecified atom stereocenters. The van der Waals surface area contributed by atoms with E-state index in [2.05, 4.69) is 193 Å². The molecule has 7 nitrogen and oxygen atoms in total. The van der Waals surface area contributed by atoms with Crippen LogP contribution >= 0.6 is 0 Å². The molecule has 0 aliphatic rings. The standard InChI is InChI=1S/C66H43N7/c1-6-20-44(21-7-1)49-30-16-33-53(40-49)63-67-61(47-26-12-4-13-27-47)68-64(70-63)55-35-18-32-52(42-55)56-36-19-37-59-60(56)57-43-51(46-24-10-3-11-25-46)38-39-58(57)73(59)66-71-62(48-28-14-5-15-29-48)69-65(72-66)54-34-17-31-50(41-54)45-22-8-2-9-23-45/h1-43H. The number of aromatic nitrogens is 7. The molecule has 0 atom stereocenters. The predicted octanol–water partition coefficient (Wildman–Crippen LogP) is 16.2. The molecule has 13 rings (SSSR count). The summed E-state index contributed by atoms with van der Waals surface area (Å²) >= 11 is 0. The van der Waals surface area contributed by atoms with Crippen molar-refractivity contribution in [2.24, 2.45) is 0 Å². The molecular formula is C66H43N7. The van der Waals surface area contributed by atoms with Crippen molar-refractivity contribution in [2.45, 2.75) is 0 Å². The van der Waals surface area contributed by atoms with Crippen LogP contribution in [0.25, 0.3) is 129 Å². The molecule has 342 valence electrons. The van der Waals surface area contributed by atoms with Crippen molar-refractivity contribution in [1.82, 2.24) is 34.5 Å². The average Bonchev–Trinajstić information content (AvgIpc) is 3.82. The van der Waals surface area contributed by atoms with E-state index in [-0.39, 0.29) is 0 Å². The van der Waals surface area contributed by atoms with Crippen LogP contribution in [0.5, 0.6) is 0 Å². The van der Waals surface area contributed by atoms with Crippen LogP contribution in [0.3, 0.4) is 0 Å². The summed E-state index contributed by atoms with van der Waals surface area (Å²) in [4.78, 5) is 31.2. The van der Waals surface area contributed by atoms with Crippen molar-refractivity contribution < 1.29 is 0 Å². The summed E-state index contributed by atoms with van der Waals surface area (Å²) in [6, 6.07) is 90.1. The monoisotopic (exact) mass is 933 g/mol. The minimum atomic E-state index is 0.523. The Kier molecular flexibility index (Phi) is 11.1. The van der Waals surface area contributed by atoms with Gasteiger partial charge in [0.25, 0.3) is 0 Å². The molecule has 0 N–H and O–H groups in total. The lowest BCUT2D eigenvalue weighted by atomic mass is 9.96. The molecule has 0 amide bonds. The molecule has 0 saturated heterocycles. The zero-order chi connectivity index (χ0) is 48.5. The van der Waals surface area contributed by atoms with E-state index in [9.17, 15) is 0 Å². The van der Waals surface area contributed by atoms with Gasteiger partial charge in [-0.1, -0.05) is 224 Å². The molecule has 10 aromatic carbocycles. The fourth-order valence-corrected chi connectivity index (χ4v) is 9.76. The molecule has 0 fully saturated rings. The van der Waals surface area contributed by atoms with Crippen LogP contribution in [0.2, 0.25) is 0 Å². The summed E-state index contributed by atoms with van der Waals surface area (Å²) in [5, 5.41) is 2.14. The summed E-state index contributed by atoms with van der Waals surface area (Å²) in [7, 11) is 0. The number of benzene rings is 10. The van der Waals surface area contributed by atoms with Crippen molar-refractivity contribution in [3.05, 3.63) is 261 Å². The second-order valence-electron chi connectivity index (χ2n) is 17.9. The number of hydrogen-bond acceptors (Lipinski definition) is 6. The molecule has 0 bridgehead atoms. The lowest BCUT2D eigenvalue weighted by molar-refractivity contribution is 0.953. The summed E-state index contributed by atoms with van der Waals surface area (Å²) in [5.74, 6) is 3.48. The SMILES string of the molecule is c1ccc(-c2cccc(-c3nc(-c4ccccc4)nc(-c4cccc(-c5cccc6c5c5cc(-c7ccccc7)ccc5n6-c5nc(-c6ccccc6)nc(-c6cccc(-c7ccccc7)c6)n5)c4)n3)c2)cc1. The van der Waals surface area contributed by atoms with Gasteiger partial charge in [-0.3, -0.25) is 4.57 Å². The molecule has 3 aromatic heterocycles. The van der Waals surface area contributed by atoms with Crippen molar-refractivity contribution in [1.29, 1.82) is 0 Å². The van der Waals surface area contributed by atoms with Gasteiger partial charge in [0.05, 0.1) is 11.0 Å². The number of nitrogens with zero attached hydrogens (tertiary/aromatic N) is 7. The van der Waals surface area contributed by atoms with Gasteiger partial charge in [-0.15, -0.1) is 0 Å². The lowest BCUT2D eigenvalue weighted by Gasteiger charge is -2.12. The van der Waals surface area contributed by atoms with Gasteiger partial charge in [0.1, 0.15) is 0 Å². The molecule has 13 aromatic rings. The lowest BCUT2D eigenvalue weighted by Crippen LogP contribution is -2.06. The van der Waals surface area contributed by atoms with Gasteiger partial charge < -0.3 is 0 Å². The summed E-state index contributed by atoms with van der Waals surface area (Å²) in [6.45, 7) is 0. The first-order chi connectivity index (χ1) is 36.2. The molecule has 0 spiro atoms. The molecule has 73 heavy (non-hydrogen) atoms. The number of fused-ring (bicyclic) bond motifs is 3. The largest absolute Gasteiger partial charge is 0.278 e. The number of rotatable bonds is 10. The second-order valence-corrected chi connectivity index (χ2v) is 17.9. The normalized spacial score (nSPS) is 11.3. The molecule has 3 heterocycles. The molecule has 0 saturated carbocycles. The van der Waals surface area contributed by atoms with E-state index in [0.717, 1.165) is 94.1 Å². The summed E-state index contributed by atoms with van der Waals surface area (Å²) in [5.41, 5.74) is 15.1. The summed E-state index contributed by atoms with van der Waals surface area (Å²) < 4.78 is 2.19. The topological polar surface area (TPSA) is 82.3 Å². The van der Waals surface area contributed by atoms with Gasteiger partial charge in [0.15, 0.2) is 29.1 Å². The predicted molar refractivity (Wildman–Crippen MR) is 296 cm³/mol. The van der Waals surface area contributed by atoms with Crippen LogP contribution in [-0.2, 0) is 0 Å². The molecular weight excluding hydrogens is 891 g/mol. The molecule has 7 heteroatoms.